The largest absolute Gasteiger partial charge is 0.481 e. The number of hydrogen-bond acceptors (Lipinski definition) is 4. The molecule has 154 valence electrons. The van der Waals surface area contributed by atoms with E-state index in [1.807, 2.05) is 12.2 Å². The standard InChI is InChI=1S/C22H26N2O4S/c1-10-2-7-14-15(8-10)29-21(18(14)20(26)23-13-5-6-13)24-19(25)16-11-3-4-12(9-11)17(16)22(27)28/h3-4,10-13,16-17H,2,5-9H2,1H3,(H,23,26)(H,24,25)(H,27,28)/t10-,11+,12+,16-,17-/m1/s1. The number of nitrogens with one attached hydrogen (secondary N) is 2. The van der Waals surface area contributed by atoms with Crippen LogP contribution in [0.2, 0.25) is 0 Å². The second-order valence-corrected chi connectivity index (χ2v) is 10.2. The van der Waals surface area contributed by atoms with E-state index in [9.17, 15) is 19.5 Å². The summed E-state index contributed by atoms with van der Waals surface area (Å²) in [6.45, 7) is 2.21. The molecule has 4 aliphatic carbocycles. The molecule has 0 unspecified atom stereocenters. The summed E-state index contributed by atoms with van der Waals surface area (Å²) in [5.74, 6) is -2.05. The highest BCUT2D eigenvalue weighted by atomic mass is 32.1. The first-order valence-corrected chi connectivity index (χ1v) is 11.4. The minimum Gasteiger partial charge on any atom is -0.481 e. The van der Waals surface area contributed by atoms with Gasteiger partial charge in [0, 0.05) is 10.9 Å². The van der Waals surface area contributed by atoms with E-state index in [4.69, 9.17) is 0 Å². The Morgan fingerprint density at radius 3 is 2.52 bits per heavy atom. The van der Waals surface area contributed by atoms with Crippen LogP contribution in [0, 0.1) is 29.6 Å². The molecule has 4 aliphatic rings. The summed E-state index contributed by atoms with van der Waals surface area (Å²) in [5, 5.41) is 16.3. The predicted molar refractivity (Wildman–Crippen MR) is 110 cm³/mol. The van der Waals surface area contributed by atoms with Crippen LogP contribution in [0.25, 0.3) is 0 Å². The molecular formula is C22H26N2O4S. The Morgan fingerprint density at radius 2 is 1.83 bits per heavy atom. The van der Waals surface area contributed by atoms with Crippen LogP contribution < -0.4 is 10.6 Å². The van der Waals surface area contributed by atoms with E-state index in [0.717, 1.165) is 44.1 Å². The molecule has 0 aliphatic heterocycles. The van der Waals surface area contributed by atoms with Crippen molar-refractivity contribution in [2.75, 3.05) is 5.32 Å². The monoisotopic (exact) mass is 414 g/mol. The van der Waals surface area contributed by atoms with Crippen molar-refractivity contribution in [2.24, 2.45) is 29.6 Å². The highest BCUT2D eigenvalue weighted by Crippen LogP contribution is 2.49. The number of carboxylic acid groups (broad SMARTS) is 1. The maximum Gasteiger partial charge on any atom is 0.307 e. The van der Waals surface area contributed by atoms with Crippen LogP contribution in [0.3, 0.4) is 0 Å². The summed E-state index contributed by atoms with van der Waals surface area (Å²) in [6.07, 6.45) is 9.48. The summed E-state index contributed by atoms with van der Waals surface area (Å²) in [5.41, 5.74) is 1.69. The number of carboxylic acids is 1. The number of aliphatic carboxylic acids is 1. The third-order valence-electron chi connectivity index (χ3n) is 6.94. The van der Waals surface area contributed by atoms with E-state index in [2.05, 4.69) is 17.6 Å². The Bertz CT molecular complexity index is 916. The average molecular weight is 415 g/mol. The molecule has 7 heteroatoms. The molecule has 0 saturated heterocycles. The van der Waals surface area contributed by atoms with Gasteiger partial charge in [0.15, 0.2) is 0 Å². The van der Waals surface area contributed by atoms with Crippen molar-refractivity contribution in [3.8, 4) is 0 Å². The number of carbonyl (C=O) groups excluding carboxylic acids is 2. The molecule has 6 nitrogen and oxygen atoms in total. The van der Waals surface area contributed by atoms with Crippen LogP contribution in [0.5, 0.6) is 0 Å². The van der Waals surface area contributed by atoms with Crippen molar-refractivity contribution in [3.63, 3.8) is 0 Å². The van der Waals surface area contributed by atoms with E-state index in [0.29, 0.717) is 16.5 Å². The quantitative estimate of drug-likeness (QED) is 0.645. The Morgan fingerprint density at radius 1 is 1.10 bits per heavy atom. The van der Waals surface area contributed by atoms with Gasteiger partial charge in [-0.2, -0.15) is 0 Å². The Hall–Kier alpha value is -2.15. The Balaban J connectivity index is 1.44. The molecule has 0 spiro atoms. The zero-order chi connectivity index (χ0) is 20.3. The van der Waals surface area contributed by atoms with Crippen LogP contribution in [-0.4, -0.2) is 28.9 Å². The molecule has 0 aromatic carbocycles. The number of amides is 2. The van der Waals surface area contributed by atoms with Crippen molar-refractivity contribution in [2.45, 2.75) is 51.5 Å². The summed E-state index contributed by atoms with van der Waals surface area (Å²) >= 11 is 1.50. The van der Waals surface area contributed by atoms with Gasteiger partial charge in [0.05, 0.1) is 17.4 Å². The van der Waals surface area contributed by atoms with Crippen LogP contribution in [0.15, 0.2) is 12.2 Å². The lowest BCUT2D eigenvalue weighted by atomic mass is 9.82. The Labute approximate surface area is 173 Å². The molecule has 1 aromatic rings. The number of thiophene rings is 1. The van der Waals surface area contributed by atoms with Gasteiger partial charge in [-0.15, -0.1) is 11.3 Å². The zero-order valence-electron chi connectivity index (χ0n) is 16.4. The average Bonchev–Trinajstić information content (AvgIpc) is 3.11. The molecule has 2 amide bonds. The van der Waals surface area contributed by atoms with Gasteiger partial charge in [0.2, 0.25) is 5.91 Å². The number of fused-ring (bicyclic) bond motifs is 3. The lowest BCUT2D eigenvalue weighted by Gasteiger charge is -2.23. The van der Waals surface area contributed by atoms with Gasteiger partial charge >= 0.3 is 5.97 Å². The lowest BCUT2D eigenvalue weighted by molar-refractivity contribution is -0.146. The van der Waals surface area contributed by atoms with E-state index in [1.165, 1.54) is 16.2 Å². The number of carbonyl (C=O) groups is 3. The third-order valence-corrected chi connectivity index (χ3v) is 8.10. The first kappa shape index (κ1) is 18.9. The summed E-state index contributed by atoms with van der Waals surface area (Å²) in [4.78, 5) is 39.1. The molecule has 2 fully saturated rings. The lowest BCUT2D eigenvalue weighted by Crippen LogP contribution is -2.36. The van der Waals surface area contributed by atoms with Gasteiger partial charge in [-0.3, -0.25) is 14.4 Å². The normalized spacial score (nSPS) is 32.1. The SMILES string of the molecule is C[C@@H]1CCc2c(sc(NC(=O)[C@H]3[C@H](C(=O)O)[C@H]4C=C[C@H]3C4)c2C(=O)NC2CC2)C1. The molecule has 1 heterocycles. The van der Waals surface area contributed by atoms with Crippen LogP contribution in [0.4, 0.5) is 5.00 Å². The molecule has 5 rings (SSSR count). The number of anilines is 1. The summed E-state index contributed by atoms with van der Waals surface area (Å²) in [7, 11) is 0. The van der Waals surface area contributed by atoms with Gasteiger partial charge in [-0.1, -0.05) is 19.1 Å². The zero-order valence-corrected chi connectivity index (χ0v) is 17.3. The van der Waals surface area contributed by atoms with Crippen molar-refractivity contribution >= 4 is 34.1 Å². The van der Waals surface area contributed by atoms with Gasteiger partial charge in [0.1, 0.15) is 5.00 Å². The highest BCUT2D eigenvalue weighted by Gasteiger charge is 2.52. The molecule has 3 N–H and O–H groups in total. The van der Waals surface area contributed by atoms with Crippen LogP contribution in [-0.2, 0) is 22.4 Å². The van der Waals surface area contributed by atoms with Crippen molar-refractivity contribution in [3.05, 3.63) is 28.2 Å². The smallest absolute Gasteiger partial charge is 0.307 e. The van der Waals surface area contributed by atoms with Crippen molar-refractivity contribution < 1.29 is 19.5 Å². The van der Waals surface area contributed by atoms with E-state index < -0.39 is 17.8 Å². The number of rotatable bonds is 5. The maximum absolute atomic E-state index is 13.2. The fourth-order valence-corrected chi connectivity index (χ4v) is 6.69. The second kappa shape index (κ2) is 6.97. The minimum absolute atomic E-state index is 0.0283. The first-order chi connectivity index (χ1) is 13.9. The maximum atomic E-state index is 13.2. The fourth-order valence-electron chi connectivity index (χ4n) is 5.28. The van der Waals surface area contributed by atoms with Gasteiger partial charge < -0.3 is 15.7 Å². The highest BCUT2D eigenvalue weighted by molar-refractivity contribution is 7.17. The molecule has 2 saturated carbocycles. The third kappa shape index (κ3) is 3.29. The number of hydrogen-bond donors (Lipinski definition) is 3. The molecule has 1 aromatic heterocycles. The molecule has 5 atom stereocenters. The van der Waals surface area contributed by atoms with E-state index >= 15 is 0 Å². The van der Waals surface area contributed by atoms with Gasteiger partial charge in [0.25, 0.3) is 5.91 Å². The van der Waals surface area contributed by atoms with Gasteiger partial charge in [-0.05, 0) is 61.8 Å². The summed E-state index contributed by atoms with van der Waals surface area (Å²) in [6, 6.07) is 0.246. The van der Waals surface area contributed by atoms with E-state index in [1.54, 1.807) is 0 Å². The van der Waals surface area contributed by atoms with Crippen molar-refractivity contribution in [1.82, 2.24) is 5.32 Å². The van der Waals surface area contributed by atoms with E-state index in [-0.39, 0.29) is 29.7 Å². The van der Waals surface area contributed by atoms with Gasteiger partial charge in [-0.25, -0.2) is 0 Å². The molecular weight excluding hydrogens is 388 g/mol. The Kier molecular flexibility index (Phi) is 4.53. The van der Waals surface area contributed by atoms with Crippen LogP contribution in [0.1, 0.15) is 53.4 Å². The summed E-state index contributed by atoms with van der Waals surface area (Å²) < 4.78 is 0. The minimum atomic E-state index is -0.909. The second-order valence-electron chi connectivity index (χ2n) is 9.13. The molecule has 29 heavy (non-hydrogen) atoms. The van der Waals surface area contributed by atoms with Crippen LogP contribution >= 0.6 is 11.3 Å². The fraction of sp³-hybridized carbons (Fsp3) is 0.591. The molecule has 2 bridgehead atoms. The number of allylic oxidation sites excluding steroid dienone is 2. The first-order valence-electron chi connectivity index (χ1n) is 10.6. The topological polar surface area (TPSA) is 95.5 Å². The van der Waals surface area contributed by atoms with Crippen molar-refractivity contribution in [1.29, 1.82) is 0 Å². The predicted octanol–water partition coefficient (Wildman–Crippen LogP) is 3.23. The molecule has 0 radical (unpaired) electrons.